The van der Waals surface area contributed by atoms with Crippen LogP contribution in [0.5, 0.6) is 0 Å². The first-order valence-corrected chi connectivity index (χ1v) is 22.1. The van der Waals surface area contributed by atoms with E-state index in [0.717, 1.165) is 44.9 Å². The molecule has 0 atom stereocenters. The maximum Gasteiger partial charge on any atom is 0.135 e. The zero-order valence-corrected chi connectivity index (χ0v) is 34.4. The van der Waals surface area contributed by atoms with Crippen LogP contribution in [0.15, 0.2) is 239 Å². The maximum atomic E-state index is 6.75. The van der Waals surface area contributed by atoms with E-state index in [1.165, 1.54) is 70.3 Å². The molecule has 1 spiro atoms. The van der Waals surface area contributed by atoms with Crippen LogP contribution in [-0.4, -0.2) is 0 Å². The van der Waals surface area contributed by atoms with Gasteiger partial charge in [-0.25, -0.2) is 0 Å². The first kappa shape index (κ1) is 35.2. The Morgan fingerprint density at radius 1 is 0.371 bits per heavy atom. The van der Waals surface area contributed by atoms with Gasteiger partial charge in [0.25, 0.3) is 0 Å². The first-order chi connectivity index (χ1) is 30.7. The number of fused-ring (bicyclic) bond motifs is 12. The van der Waals surface area contributed by atoms with Crippen molar-refractivity contribution in [2.45, 2.75) is 15.2 Å². The highest BCUT2D eigenvalue weighted by Crippen LogP contribution is 2.62. The van der Waals surface area contributed by atoms with Crippen LogP contribution in [0.3, 0.4) is 0 Å². The van der Waals surface area contributed by atoms with Crippen LogP contribution in [0.4, 0.5) is 17.1 Å². The van der Waals surface area contributed by atoms with Crippen molar-refractivity contribution in [2.75, 3.05) is 4.90 Å². The Morgan fingerprint density at radius 3 is 1.81 bits per heavy atom. The molecule has 0 radical (unpaired) electrons. The molecule has 2 aliphatic rings. The van der Waals surface area contributed by atoms with Gasteiger partial charge in [-0.15, -0.1) is 0 Å². The summed E-state index contributed by atoms with van der Waals surface area (Å²) in [5.74, 6) is 0.840. The molecular formula is C59H37NOS. The Balaban J connectivity index is 0.985. The summed E-state index contributed by atoms with van der Waals surface area (Å²) in [6.07, 6.45) is 0. The molecule has 10 aromatic carbocycles. The molecule has 1 aliphatic heterocycles. The topological polar surface area (TPSA) is 16.4 Å². The second-order valence-electron chi connectivity index (χ2n) is 16.4. The van der Waals surface area contributed by atoms with E-state index in [0.29, 0.717) is 0 Å². The van der Waals surface area contributed by atoms with Crippen LogP contribution in [0.2, 0.25) is 0 Å². The van der Waals surface area contributed by atoms with Crippen molar-refractivity contribution in [1.29, 1.82) is 0 Å². The van der Waals surface area contributed by atoms with Crippen molar-refractivity contribution in [3.05, 3.63) is 247 Å². The zero-order valence-electron chi connectivity index (χ0n) is 33.6. The summed E-state index contributed by atoms with van der Waals surface area (Å²) in [6.45, 7) is 0. The van der Waals surface area contributed by atoms with Gasteiger partial charge in [0, 0.05) is 37.5 Å². The summed E-state index contributed by atoms with van der Waals surface area (Å²) in [5, 5.41) is 5.93. The fourth-order valence-corrected chi connectivity index (χ4v) is 11.6. The van der Waals surface area contributed by atoms with Crippen LogP contribution >= 0.6 is 11.8 Å². The van der Waals surface area contributed by atoms with Crippen molar-refractivity contribution in [3.8, 4) is 33.6 Å². The standard InChI is InChI=1S/C59H37NOS/c1-3-20-45-38(14-1)16-12-23-46(45)40-30-31-42-36-56(61-55(42)35-40)41-18-11-19-43(34-41)60(54-27-13-17-39-15-2-4-21-47(39)54)44-32-33-51-49(37-44)48-22-5-6-24-50(48)59(51)52-25-7-9-28-57(52)62-58-29-10-8-26-53(58)59/h1-37H. The lowest BCUT2D eigenvalue weighted by Gasteiger charge is -2.39. The average Bonchev–Trinajstić information content (AvgIpc) is 3.89. The molecule has 0 unspecified atom stereocenters. The smallest absolute Gasteiger partial charge is 0.135 e. The molecule has 0 N–H and O–H groups in total. The first-order valence-electron chi connectivity index (χ1n) is 21.2. The van der Waals surface area contributed by atoms with E-state index in [1.807, 2.05) is 11.8 Å². The van der Waals surface area contributed by atoms with Crippen LogP contribution < -0.4 is 4.90 Å². The van der Waals surface area contributed by atoms with Gasteiger partial charge in [0.05, 0.1) is 11.1 Å². The summed E-state index contributed by atoms with van der Waals surface area (Å²) in [4.78, 5) is 5.05. The van der Waals surface area contributed by atoms with Gasteiger partial charge < -0.3 is 9.32 Å². The molecule has 0 fully saturated rings. The SMILES string of the molecule is c1cc(-c2cc3ccc(-c4cccc5ccccc45)cc3o2)cc(N(c2ccc3c(c2)-c2ccccc2C32c3ccccc3Sc3ccccc32)c2cccc3ccccc23)c1. The number of benzene rings is 10. The minimum Gasteiger partial charge on any atom is -0.456 e. The highest BCUT2D eigenvalue weighted by molar-refractivity contribution is 7.99. The lowest BCUT2D eigenvalue weighted by molar-refractivity contribution is 0.632. The van der Waals surface area contributed by atoms with Crippen molar-refractivity contribution < 1.29 is 4.42 Å². The number of hydrogen-bond acceptors (Lipinski definition) is 3. The van der Waals surface area contributed by atoms with E-state index in [4.69, 9.17) is 4.42 Å². The van der Waals surface area contributed by atoms with Crippen molar-refractivity contribution in [2.24, 2.45) is 0 Å². The Hall–Kier alpha value is -7.59. The Labute approximate surface area is 364 Å². The molecule has 0 saturated heterocycles. The number of rotatable bonds is 5. The molecule has 62 heavy (non-hydrogen) atoms. The summed E-state index contributed by atoms with van der Waals surface area (Å²) < 4.78 is 6.75. The zero-order chi connectivity index (χ0) is 40.8. The van der Waals surface area contributed by atoms with Crippen LogP contribution in [0.1, 0.15) is 22.3 Å². The van der Waals surface area contributed by atoms with Gasteiger partial charge in [0.15, 0.2) is 0 Å². The van der Waals surface area contributed by atoms with E-state index >= 15 is 0 Å². The van der Waals surface area contributed by atoms with E-state index in [1.54, 1.807) is 0 Å². The van der Waals surface area contributed by atoms with E-state index < -0.39 is 5.41 Å². The maximum absolute atomic E-state index is 6.75. The third-order valence-electron chi connectivity index (χ3n) is 13.1. The van der Waals surface area contributed by atoms with Gasteiger partial charge in [0.2, 0.25) is 0 Å². The summed E-state index contributed by atoms with van der Waals surface area (Å²) in [6, 6.07) is 82.2. The molecule has 0 bridgehead atoms. The second-order valence-corrected chi connectivity index (χ2v) is 17.5. The van der Waals surface area contributed by atoms with Gasteiger partial charge >= 0.3 is 0 Å². The van der Waals surface area contributed by atoms with Crippen molar-refractivity contribution >= 4 is 61.3 Å². The van der Waals surface area contributed by atoms with Gasteiger partial charge in [0.1, 0.15) is 11.3 Å². The van der Waals surface area contributed by atoms with Crippen LogP contribution in [0.25, 0.3) is 66.1 Å². The van der Waals surface area contributed by atoms with Gasteiger partial charge in [-0.05, 0) is 115 Å². The van der Waals surface area contributed by atoms with Crippen LogP contribution in [-0.2, 0) is 5.41 Å². The number of hydrogen-bond donors (Lipinski definition) is 0. The number of furan rings is 1. The minimum atomic E-state index is -0.429. The number of anilines is 3. The van der Waals surface area contributed by atoms with E-state index in [9.17, 15) is 0 Å². The van der Waals surface area contributed by atoms with Gasteiger partial charge in [-0.3, -0.25) is 0 Å². The molecule has 11 aromatic rings. The van der Waals surface area contributed by atoms with Crippen molar-refractivity contribution in [1.82, 2.24) is 0 Å². The second kappa shape index (κ2) is 13.7. The molecule has 13 rings (SSSR count). The van der Waals surface area contributed by atoms with Crippen LogP contribution in [0, 0.1) is 0 Å². The summed E-state index contributed by atoms with van der Waals surface area (Å²) in [5.41, 5.74) is 15.0. The van der Waals surface area contributed by atoms with Gasteiger partial charge in [-0.2, -0.15) is 0 Å². The highest BCUT2D eigenvalue weighted by atomic mass is 32.2. The molecule has 1 aromatic heterocycles. The molecule has 2 heterocycles. The third kappa shape index (κ3) is 5.19. The molecule has 3 heteroatoms. The lowest BCUT2D eigenvalue weighted by atomic mass is 9.67. The Bertz CT molecular complexity index is 3540. The normalized spacial score (nSPS) is 13.2. The lowest BCUT2D eigenvalue weighted by Crippen LogP contribution is -2.31. The van der Waals surface area contributed by atoms with Gasteiger partial charge in [-0.1, -0.05) is 182 Å². The highest BCUT2D eigenvalue weighted by Gasteiger charge is 2.50. The monoisotopic (exact) mass is 807 g/mol. The third-order valence-corrected chi connectivity index (χ3v) is 14.3. The summed E-state index contributed by atoms with van der Waals surface area (Å²) in [7, 11) is 0. The average molecular weight is 808 g/mol. The number of nitrogens with zero attached hydrogens (tertiary/aromatic N) is 1. The fraction of sp³-hybridized carbons (Fsp3) is 0.0169. The quantitative estimate of drug-likeness (QED) is 0.172. The van der Waals surface area contributed by atoms with E-state index in [2.05, 4.69) is 229 Å². The molecule has 1 aliphatic carbocycles. The predicted octanol–water partition coefficient (Wildman–Crippen LogP) is 16.4. The molecule has 0 saturated carbocycles. The molecule has 2 nitrogen and oxygen atoms in total. The predicted molar refractivity (Wildman–Crippen MR) is 258 cm³/mol. The molecule has 0 amide bonds. The van der Waals surface area contributed by atoms with E-state index in [-0.39, 0.29) is 0 Å². The minimum absolute atomic E-state index is 0.429. The summed E-state index contributed by atoms with van der Waals surface area (Å²) >= 11 is 1.88. The Morgan fingerprint density at radius 2 is 0.984 bits per heavy atom. The molecule has 290 valence electrons. The van der Waals surface area contributed by atoms with Crippen molar-refractivity contribution in [3.63, 3.8) is 0 Å². The largest absolute Gasteiger partial charge is 0.456 e. The molecular weight excluding hydrogens is 771 g/mol. The Kier molecular flexibility index (Phi) is 7.79. The fourth-order valence-electron chi connectivity index (χ4n) is 10.4.